The number of nitrogens with two attached hydrogens (primary N) is 1. The molecule has 0 bridgehead atoms. The van der Waals surface area contributed by atoms with Crippen LogP contribution in [0.15, 0.2) is 18.5 Å². The van der Waals surface area contributed by atoms with Gasteiger partial charge < -0.3 is 20.3 Å². The number of hydrogen-bond acceptors (Lipinski definition) is 5. The molecule has 134 valence electrons. The topological polar surface area (TPSA) is 76.6 Å². The van der Waals surface area contributed by atoms with Crippen molar-refractivity contribution in [1.29, 1.82) is 0 Å². The Labute approximate surface area is 143 Å². The predicted molar refractivity (Wildman–Crippen MR) is 91.4 cm³/mol. The van der Waals surface area contributed by atoms with Gasteiger partial charge in [0.15, 0.2) is 0 Å². The van der Waals surface area contributed by atoms with E-state index >= 15 is 0 Å². The minimum Gasteiger partial charge on any atom is -0.364 e. The molecule has 0 radical (unpaired) electrons. The maximum Gasteiger partial charge on any atom is 0.251 e. The van der Waals surface area contributed by atoms with Crippen molar-refractivity contribution in [2.45, 2.75) is 50.5 Å². The van der Waals surface area contributed by atoms with E-state index in [2.05, 4.69) is 10.00 Å². The molecule has 7 nitrogen and oxygen atoms in total. The highest BCUT2D eigenvalue weighted by Crippen LogP contribution is 2.23. The van der Waals surface area contributed by atoms with Gasteiger partial charge in [0.1, 0.15) is 6.10 Å². The van der Waals surface area contributed by atoms with E-state index in [-0.39, 0.29) is 18.1 Å². The molecular weight excluding hydrogens is 306 g/mol. The predicted octanol–water partition coefficient (Wildman–Crippen LogP) is 0.312. The first-order valence-electron chi connectivity index (χ1n) is 8.99. The molecule has 0 spiro atoms. The number of carbonyl (C=O) groups excluding carboxylic acids is 1. The molecule has 2 aliphatic rings. The van der Waals surface area contributed by atoms with Gasteiger partial charge in [-0.15, -0.1) is 0 Å². The largest absolute Gasteiger partial charge is 0.364 e. The summed E-state index contributed by atoms with van der Waals surface area (Å²) in [7, 11) is 1.92. The zero-order chi connectivity index (χ0) is 16.9. The second-order valence-corrected chi connectivity index (χ2v) is 6.85. The number of hydrogen-bond donors (Lipinski definition) is 1. The van der Waals surface area contributed by atoms with Gasteiger partial charge >= 0.3 is 0 Å². The zero-order valence-electron chi connectivity index (χ0n) is 14.5. The summed E-state index contributed by atoms with van der Waals surface area (Å²) in [5, 5.41) is 4.24. The third-order valence-electron chi connectivity index (χ3n) is 5.30. The SMILES string of the molecule is CN(C(=O)[C@@H]1CC[C@H](CN)O1)C1CCN(CCn2cccn2)CC1. The van der Waals surface area contributed by atoms with E-state index in [1.807, 2.05) is 35.1 Å². The molecule has 2 fully saturated rings. The Morgan fingerprint density at radius 2 is 2.08 bits per heavy atom. The molecule has 2 saturated heterocycles. The van der Waals surface area contributed by atoms with Gasteiger partial charge in [0.25, 0.3) is 5.91 Å². The molecule has 0 saturated carbocycles. The minimum atomic E-state index is -0.290. The highest BCUT2D eigenvalue weighted by atomic mass is 16.5. The van der Waals surface area contributed by atoms with Crippen molar-refractivity contribution < 1.29 is 9.53 Å². The highest BCUT2D eigenvalue weighted by Gasteiger charge is 2.34. The smallest absolute Gasteiger partial charge is 0.251 e. The van der Waals surface area contributed by atoms with Crippen molar-refractivity contribution in [2.24, 2.45) is 5.73 Å². The minimum absolute atomic E-state index is 0.0523. The normalized spacial score (nSPS) is 25.9. The quantitative estimate of drug-likeness (QED) is 0.810. The van der Waals surface area contributed by atoms with Gasteiger partial charge in [0.2, 0.25) is 0 Å². The number of aromatic nitrogens is 2. The Morgan fingerprint density at radius 3 is 2.71 bits per heavy atom. The van der Waals surface area contributed by atoms with Crippen molar-refractivity contribution in [1.82, 2.24) is 19.6 Å². The van der Waals surface area contributed by atoms with Crippen molar-refractivity contribution >= 4 is 5.91 Å². The van der Waals surface area contributed by atoms with Crippen LogP contribution in [0.4, 0.5) is 0 Å². The van der Waals surface area contributed by atoms with Crippen molar-refractivity contribution in [2.75, 3.05) is 33.2 Å². The summed E-state index contributed by atoms with van der Waals surface area (Å²) < 4.78 is 7.71. The van der Waals surface area contributed by atoms with Crippen LogP contribution in [0.25, 0.3) is 0 Å². The standard InChI is InChI=1S/C17H29N5O2/c1-20(17(23)16-4-3-15(13-18)24-16)14-5-9-21(10-6-14)11-12-22-8-2-7-19-22/h2,7-8,14-16H,3-6,9-13,18H2,1H3/t15-,16+/m1/s1. The molecule has 2 N–H and O–H groups in total. The van der Waals surface area contributed by atoms with Gasteiger partial charge in [-0.25, -0.2) is 0 Å². The second kappa shape index (κ2) is 8.09. The molecule has 2 aliphatic heterocycles. The highest BCUT2D eigenvalue weighted by molar-refractivity contribution is 5.81. The second-order valence-electron chi connectivity index (χ2n) is 6.85. The Kier molecular flexibility index (Phi) is 5.86. The third-order valence-corrected chi connectivity index (χ3v) is 5.30. The molecular formula is C17H29N5O2. The van der Waals surface area contributed by atoms with Crippen LogP contribution in [0.1, 0.15) is 25.7 Å². The monoisotopic (exact) mass is 335 g/mol. The summed E-state index contributed by atoms with van der Waals surface area (Å²) in [6, 6.07) is 2.27. The lowest BCUT2D eigenvalue weighted by molar-refractivity contribution is -0.144. The third kappa shape index (κ3) is 4.15. The number of amides is 1. The first-order valence-corrected chi connectivity index (χ1v) is 8.99. The fourth-order valence-corrected chi connectivity index (χ4v) is 3.67. The van der Waals surface area contributed by atoms with Gasteiger partial charge in [-0.1, -0.05) is 0 Å². The molecule has 1 aromatic heterocycles. The first kappa shape index (κ1) is 17.4. The molecule has 24 heavy (non-hydrogen) atoms. The lowest BCUT2D eigenvalue weighted by Gasteiger charge is -2.37. The lowest BCUT2D eigenvalue weighted by Crippen LogP contribution is -2.49. The molecule has 0 aliphatic carbocycles. The summed E-state index contributed by atoms with van der Waals surface area (Å²) in [6.07, 6.45) is 7.31. The number of rotatable bonds is 6. The summed E-state index contributed by atoms with van der Waals surface area (Å²) >= 11 is 0. The molecule has 0 unspecified atom stereocenters. The number of carbonyl (C=O) groups is 1. The van der Waals surface area contributed by atoms with Gasteiger partial charge in [-0.3, -0.25) is 9.48 Å². The maximum absolute atomic E-state index is 12.6. The van der Waals surface area contributed by atoms with E-state index in [0.717, 1.165) is 51.9 Å². The van der Waals surface area contributed by atoms with Gasteiger partial charge in [0, 0.05) is 51.7 Å². The fraction of sp³-hybridized carbons (Fsp3) is 0.765. The van der Waals surface area contributed by atoms with Gasteiger partial charge in [0.05, 0.1) is 12.6 Å². The van der Waals surface area contributed by atoms with Crippen LogP contribution in [0.5, 0.6) is 0 Å². The van der Waals surface area contributed by atoms with Crippen LogP contribution >= 0.6 is 0 Å². The summed E-state index contributed by atoms with van der Waals surface area (Å²) in [5.74, 6) is 0.126. The number of ether oxygens (including phenoxy) is 1. The van der Waals surface area contributed by atoms with Crippen LogP contribution in [0, 0.1) is 0 Å². The Hall–Kier alpha value is -1.44. The van der Waals surface area contributed by atoms with Crippen LogP contribution in [-0.2, 0) is 16.1 Å². The first-order chi connectivity index (χ1) is 11.7. The zero-order valence-corrected chi connectivity index (χ0v) is 14.5. The average molecular weight is 335 g/mol. The average Bonchev–Trinajstić information content (AvgIpc) is 3.30. The maximum atomic E-state index is 12.6. The number of piperidine rings is 1. The van der Waals surface area contributed by atoms with E-state index in [1.165, 1.54) is 0 Å². The summed E-state index contributed by atoms with van der Waals surface area (Å²) in [4.78, 5) is 17.0. The Bertz CT molecular complexity index is 513. The van der Waals surface area contributed by atoms with E-state index in [1.54, 1.807) is 0 Å². The van der Waals surface area contributed by atoms with Crippen LogP contribution < -0.4 is 5.73 Å². The summed E-state index contributed by atoms with van der Waals surface area (Å²) in [6.45, 7) is 4.49. The van der Waals surface area contributed by atoms with Gasteiger partial charge in [-0.05, 0) is 31.7 Å². The van der Waals surface area contributed by atoms with E-state index in [4.69, 9.17) is 10.5 Å². The molecule has 1 amide bonds. The molecule has 3 heterocycles. The van der Waals surface area contributed by atoms with Crippen molar-refractivity contribution in [3.05, 3.63) is 18.5 Å². The van der Waals surface area contributed by atoms with Gasteiger partial charge in [-0.2, -0.15) is 5.10 Å². The number of likely N-dealkylation sites (N-methyl/N-ethyl adjacent to an activating group) is 1. The Morgan fingerprint density at radius 1 is 1.29 bits per heavy atom. The van der Waals surface area contributed by atoms with Crippen LogP contribution in [-0.4, -0.2) is 77.0 Å². The van der Waals surface area contributed by atoms with Crippen molar-refractivity contribution in [3.63, 3.8) is 0 Å². The molecule has 1 aromatic rings. The fourth-order valence-electron chi connectivity index (χ4n) is 3.67. The Balaban J connectivity index is 1.41. The molecule has 7 heteroatoms. The number of nitrogens with zero attached hydrogens (tertiary/aromatic N) is 4. The number of likely N-dealkylation sites (tertiary alicyclic amines) is 1. The molecule has 2 atom stereocenters. The van der Waals surface area contributed by atoms with Crippen LogP contribution in [0.3, 0.4) is 0 Å². The van der Waals surface area contributed by atoms with Crippen molar-refractivity contribution in [3.8, 4) is 0 Å². The molecule has 3 rings (SSSR count). The van der Waals surface area contributed by atoms with E-state index in [9.17, 15) is 4.79 Å². The lowest BCUT2D eigenvalue weighted by atomic mass is 10.0. The van der Waals surface area contributed by atoms with E-state index in [0.29, 0.717) is 12.6 Å². The van der Waals surface area contributed by atoms with Crippen LogP contribution in [0.2, 0.25) is 0 Å². The summed E-state index contributed by atoms with van der Waals surface area (Å²) in [5.41, 5.74) is 5.63. The molecule has 0 aromatic carbocycles. The van der Waals surface area contributed by atoms with E-state index < -0.39 is 0 Å².